The summed E-state index contributed by atoms with van der Waals surface area (Å²) in [5, 5.41) is 2.79. The molecule has 0 saturated carbocycles. The smallest absolute Gasteiger partial charge is 0.294 e. The lowest BCUT2D eigenvalue weighted by Gasteiger charge is -2.14. The molecule has 0 spiro atoms. The molecule has 7 nitrogen and oxygen atoms in total. The van der Waals surface area contributed by atoms with Gasteiger partial charge in [0.25, 0.3) is 16.0 Å². The van der Waals surface area contributed by atoms with Crippen molar-refractivity contribution in [3.63, 3.8) is 0 Å². The fourth-order valence-electron chi connectivity index (χ4n) is 2.94. The van der Waals surface area contributed by atoms with Gasteiger partial charge in [-0.3, -0.25) is 14.3 Å². The van der Waals surface area contributed by atoms with Crippen molar-refractivity contribution >= 4 is 39.2 Å². The maximum Gasteiger partial charge on any atom is 0.294 e. The molecule has 0 aromatic heterocycles. The second-order valence-electron chi connectivity index (χ2n) is 7.27. The van der Waals surface area contributed by atoms with Gasteiger partial charge in [-0.2, -0.15) is 8.42 Å². The lowest BCUT2D eigenvalue weighted by atomic mass is 10.0. The number of carbonyl (C=O) groups is 1. The number of amides is 1. The van der Waals surface area contributed by atoms with Crippen LogP contribution in [0.1, 0.15) is 31.7 Å². The molecule has 2 rings (SSSR count). The van der Waals surface area contributed by atoms with Gasteiger partial charge in [-0.1, -0.05) is 25.5 Å². The average molecular weight is 444 g/mol. The molecule has 0 aliphatic rings. The first kappa shape index (κ1) is 24.3. The van der Waals surface area contributed by atoms with Crippen LogP contribution in [0.5, 0.6) is 0 Å². The molecule has 0 aliphatic carbocycles. The highest BCUT2D eigenvalue weighted by Crippen LogP contribution is 2.19. The van der Waals surface area contributed by atoms with Crippen molar-refractivity contribution < 1.29 is 17.8 Å². The molecule has 0 aliphatic heterocycles. The summed E-state index contributed by atoms with van der Waals surface area (Å²) in [6.07, 6.45) is 4.35. The van der Waals surface area contributed by atoms with Crippen LogP contribution in [0.15, 0.2) is 64.0 Å². The summed E-state index contributed by atoms with van der Waals surface area (Å²) in [6.45, 7) is 2.08. The Kier molecular flexibility index (Phi) is 8.53. The molecule has 0 heterocycles. The molecule has 31 heavy (non-hydrogen) atoms. The number of nitrogens with zero attached hydrogens (tertiary/aromatic N) is 2. The van der Waals surface area contributed by atoms with E-state index in [9.17, 15) is 13.2 Å². The Hall–Kier alpha value is -2.97. The molecule has 0 fully saturated rings. The fraction of sp³-hybridized carbons (Fsp3) is 0.304. The van der Waals surface area contributed by atoms with E-state index in [-0.39, 0.29) is 10.8 Å². The SMILES string of the molecule is CCCCC(=N/C)/C(=C/c1ccc(N(C)C)cc1)C(=O)Nc1ccc(S(=O)(=O)O)cc1. The number of unbranched alkanes of at least 4 members (excludes halogenated alkanes) is 1. The van der Waals surface area contributed by atoms with Crippen LogP contribution >= 0.6 is 0 Å². The van der Waals surface area contributed by atoms with E-state index in [0.717, 1.165) is 24.1 Å². The van der Waals surface area contributed by atoms with Crippen LogP contribution in [0.4, 0.5) is 11.4 Å². The van der Waals surface area contributed by atoms with Crippen LogP contribution in [0.25, 0.3) is 6.08 Å². The Morgan fingerprint density at radius 1 is 1.10 bits per heavy atom. The van der Waals surface area contributed by atoms with Crippen LogP contribution in [0.3, 0.4) is 0 Å². The molecule has 2 aromatic carbocycles. The third-order valence-electron chi connectivity index (χ3n) is 4.72. The Morgan fingerprint density at radius 3 is 2.19 bits per heavy atom. The Balaban J connectivity index is 2.35. The molecule has 166 valence electrons. The second kappa shape index (κ2) is 10.9. The van der Waals surface area contributed by atoms with Gasteiger partial charge in [0, 0.05) is 38.2 Å². The second-order valence-corrected chi connectivity index (χ2v) is 8.69. The zero-order valence-electron chi connectivity index (χ0n) is 18.3. The zero-order chi connectivity index (χ0) is 23.0. The van der Waals surface area contributed by atoms with E-state index in [0.29, 0.717) is 23.4 Å². The minimum atomic E-state index is -4.29. The van der Waals surface area contributed by atoms with Gasteiger partial charge in [0.05, 0.1) is 10.5 Å². The molecule has 0 unspecified atom stereocenters. The number of hydrogen-bond donors (Lipinski definition) is 2. The van der Waals surface area contributed by atoms with Crippen molar-refractivity contribution in [2.45, 2.75) is 31.1 Å². The summed E-state index contributed by atoms with van der Waals surface area (Å²) in [6, 6.07) is 13.2. The number of rotatable bonds is 9. The molecule has 2 aromatic rings. The third-order valence-corrected chi connectivity index (χ3v) is 5.59. The number of nitrogens with one attached hydrogen (secondary N) is 1. The highest BCUT2D eigenvalue weighted by Gasteiger charge is 2.17. The Bertz CT molecular complexity index is 1060. The minimum absolute atomic E-state index is 0.235. The van der Waals surface area contributed by atoms with Crippen LogP contribution in [-0.2, 0) is 14.9 Å². The topological polar surface area (TPSA) is 99.1 Å². The summed E-state index contributed by atoms with van der Waals surface area (Å²) < 4.78 is 31.5. The maximum absolute atomic E-state index is 13.1. The van der Waals surface area contributed by atoms with Crippen LogP contribution < -0.4 is 10.2 Å². The average Bonchev–Trinajstić information content (AvgIpc) is 2.73. The molecule has 1 amide bonds. The summed E-state index contributed by atoms with van der Waals surface area (Å²) in [7, 11) is 1.30. The van der Waals surface area contributed by atoms with Gasteiger partial charge in [0.1, 0.15) is 0 Å². The highest BCUT2D eigenvalue weighted by atomic mass is 32.2. The van der Waals surface area contributed by atoms with Gasteiger partial charge >= 0.3 is 0 Å². The molecule has 0 saturated heterocycles. The van der Waals surface area contributed by atoms with Gasteiger partial charge in [-0.25, -0.2) is 0 Å². The van der Waals surface area contributed by atoms with E-state index in [4.69, 9.17) is 4.55 Å². The predicted molar refractivity (Wildman–Crippen MR) is 127 cm³/mol. The predicted octanol–water partition coefficient (Wildman–Crippen LogP) is 4.28. The Morgan fingerprint density at radius 2 is 1.71 bits per heavy atom. The van der Waals surface area contributed by atoms with Crippen molar-refractivity contribution in [3.8, 4) is 0 Å². The largest absolute Gasteiger partial charge is 0.378 e. The minimum Gasteiger partial charge on any atom is -0.378 e. The van der Waals surface area contributed by atoms with Crippen molar-refractivity contribution in [1.29, 1.82) is 0 Å². The normalized spacial score (nSPS) is 12.5. The summed E-state index contributed by atoms with van der Waals surface area (Å²) in [4.78, 5) is 19.2. The molecule has 0 atom stereocenters. The first-order valence-corrected chi connectivity index (χ1v) is 11.4. The van der Waals surface area contributed by atoms with Gasteiger partial charge in [0.2, 0.25) is 0 Å². The summed E-state index contributed by atoms with van der Waals surface area (Å²) >= 11 is 0. The van der Waals surface area contributed by atoms with Crippen molar-refractivity contribution in [1.82, 2.24) is 0 Å². The van der Waals surface area contributed by atoms with E-state index in [1.807, 2.05) is 43.3 Å². The molecule has 0 radical (unpaired) electrons. The van der Waals surface area contributed by atoms with Crippen molar-refractivity contribution in [2.75, 3.05) is 31.4 Å². The van der Waals surface area contributed by atoms with E-state index in [1.165, 1.54) is 24.3 Å². The molecule has 0 bridgehead atoms. The number of carbonyl (C=O) groups excluding carboxylic acids is 1. The molecular weight excluding hydrogens is 414 g/mol. The van der Waals surface area contributed by atoms with Crippen LogP contribution in [-0.4, -0.2) is 45.7 Å². The number of hydrogen-bond acceptors (Lipinski definition) is 5. The van der Waals surface area contributed by atoms with E-state index < -0.39 is 10.1 Å². The zero-order valence-corrected chi connectivity index (χ0v) is 19.1. The summed E-state index contributed by atoms with van der Waals surface area (Å²) in [5.74, 6) is -0.340. The number of aliphatic imine (C=N–C) groups is 1. The number of benzene rings is 2. The lowest BCUT2D eigenvalue weighted by Crippen LogP contribution is -2.21. The van der Waals surface area contributed by atoms with Gasteiger partial charge in [-0.15, -0.1) is 0 Å². The fourth-order valence-corrected chi connectivity index (χ4v) is 3.42. The van der Waals surface area contributed by atoms with E-state index in [2.05, 4.69) is 17.2 Å². The van der Waals surface area contributed by atoms with Crippen molar-refractivity contribution in [3.05, 3.63) is 59.7 Å². The monoisotopic (exact) mass is 443 g/mol. The first-order valence-electron chi connectivity index (χ1n) is 9.99. The third kappa shape index (κ3) is 7.04. The van der Waals surface area contributed by atoms with Gasteiger partial charge < -0.3 is 10.2 Å². The lowest BCUT2D eigenvalue weighted by molar-refractivity contribution is -0.112. The summed E-state index contributed by atoms with van der Waals surface area (Å²) in [5.41, 5.74) is 3.49. The van der Waals surface area contributed by atoms with E-state index in [1.54, 1.807) is 13.1 Å². The maximum atomic E-state index is 13.1. The highest BCUT2D eigenvalue weighted by molar-refractivity contribution is 7.85. The quantitative estimate of drug-likeness (QED) is 0.342. The van der Waals surface area contributed by atoms with Gasteiger partial charge in [0.15, 0.2) is 0 Å². The van der Waals surface area contributed by atoms with E-state index >= 15 is 0 Å². The first-order chi connectivity index (χ1) is 14.7. The standard InChI is InChI=1S/C23H29N3O4S/c1-5-6-7-22(24-2)21(16-17-8-12-19(13-9-17)26(3)4)23(27)25-18-10-14-20(15-11-18)31(28,29)30/h8-16H,5-7H2,1-4H3,(H,25,27)(H,28,29,30)/b21-16-,24-22-. The van der Waals surface area contributed by atoms with Crippen molar-refractivity contribution in [2.24, 2.45) is 4.99 Å². The molecular formula is C23H29N3O4S. The van der Waals surface area contributed by atoms with Crippen LogP contribution in [0.2, 0.25) is 0 Å². The Labute approximate surface area is 184 Å². The van der Waals surface area contributed by atoms with Gasteiger partial charge in [-0.05, 0) is 60.9 Å². The molecule has 8 heteroatoms. The molecule has 2 N–H and O–H groups in total. The van der Waals surface area contributed by atoms with Crippen LogP contribution in [0, 0.1) is 0 Å². The number of anilines is 2.